The van der Waals surface area contributed by atoms with E-state index in [-0.39, 0.29) is 0 Å². The Kier molecular flexibility index (Phi) is 3.60. The Bertz CT molecular complexity index is 1180. The molecular weight excluding hydrogens is 342 g/mol. The minimum Gasteiger partial charge on any atom is -0.361 e. The second-order valence-corrected chi connectivity index (χ2v) is 5.92. The maximum atomic E-state index is 4.57. The van der Waals surface area contributed by atoms with E-state index in [4.69, 9.17) is 0 Å². The number of pyridine rings is 1. The van der Waals surface area contributed by atoms with Crippen LogP contribution in [0.1, 0.15) is 5.82 Å². The third-order valence-electron chi connectivity index (χ3n) is 4.07. The van der Waals surface area contributed by atoms with Gasteiger partial charge in [0.25, 0.3) is 0 Å². The summed E-state index contributed by atoms with van der Waals surface area (Å²) in [7, 11) is 0. The third-order valence-corrected chi connectivity index (χ3v) is 4.07. The van der Waals surface area contributed by atoms with Gasteiger partial charge < -0.3 is 20.6 Å². The van der Waals surface area contributed by atoms with Crippen molar-refractivity contribution in [3.05, 3.63) is 60.9 Å². The van der Waals surface area contributed by atoms with Crippen LogP contribution in [0.5, 0.6) is 0 Å². The summed E-state index contributed by atoms with van der Waals surface area (Å²) in [4.78, 5) is 28.3. The van der Waals surface area contributed by atoms with E-state index in [1.807, 2.05) is 36.4 Å². The molecule has 0 aliphatic heterocycles. The standard InChI is InChI=1S/C18H15N9/c1-2-6-13-12(5-1)24-14(25-13)9-20-16-15-17(22-10-21-15)27-18(26-16)23-11-4-3-7-19-8-11/h1-8,10H,9H2,(H,24,25)(H3,20,21,22,23,26,27). The van der Waals surface area contributed by atoms with Gasteiger partial charge in [-0.05, 0) is 24.3 Å². The number of nitrogens with zero attached hydrogens (tertiary/aromatic N) is 5. The molecule has 9 nitrogen and oxygen atoms in total. The number of imidazole rings is 2. The molecule has 4 aromatic heterocycles. The van der Waals surface area contributed by atoms with Crippen LogP contribution in [-0.2, 0) is 6.54 Å². The zero-order valence-electron chi connectivity index (χ0n) is 14.1. The van der Waals surface area contributed by atoms with Gasteiger partial charge >= 0.3 is 0 Å². The van der Waals surface area contributed by atoms with Crippen LogP contribution in [-0.4, -0.2) is 34.9 Å². The summed E-state index contributed by atoms with van der Waals surface area (Å²) in [5.74, 6) is 1.91. The van der Waals surface area contributed by atoms with Gasteiger partial charge in [0.2, 0.25) is 5.95 Å². The first-order valence-corrected chi connectivity index (χ1v) is 8.41. The molecule has 0 unspecified atom stereocenters. The largest absolute Gasteiger partial charge is 0.361 e. The molecule has 0 spiro atoms. The van der Waals surface area contributed by atoms with Gasteiger partial charge in [0.1, 0.15) is 11.3 Å². The van der Waals surface area contributed by atoms with E-state index in [0.29, 0.717) is 24.0 Å². The maximum Gasteiger partial charge on any atom is 0.231 e. The molecule has 0 aliphatic rings. The molecule has 0 radical (unpaired) electrons. The maximum absolute atomic E-state index is 4.57. The van der Waals surface area contributed by atoms with E-state index in [1.165, 1.54) is 0 Å². The number of H-pyrrole nitrogens is 2. The SMILES string of the molecule is c1cncc(Nc2nc(NCc3nc4ccccc4[nH]3)c3[nH]cnc3n2)c1. The Balaban J connectivity index is 1.43. The number of hydrogen-bond acceptors (Lipinski definition) is 7. The molecule has 9 heteroatoms. The Morgan fingerprint density at radius 1 is 1.00 bits per heavy atom. The molecule has 132 valence electrons. The van der Waals surface area contributed by atoms with Crippen molar-refractivity contribution in [2.24, 2.45) is 0 Å². The average molecular weight is 357 g/mol. The van der Waals surface area contributed by atoms with Gasteiger partial charge in [-0.3, -0.25) is 4.98 Å². The molecule has 0 atom stereocenters. The summed E-state index contributed by atoms with van der Waals surface area (Å²) < 4.78 is 0. The lowest BCUT2D eigenvalue weighted by molar-refractivity contribution is 0.997. The summed E-state index contributed by atoms with van der Waals surface area (Å²) >= 11 is 0. The van der Waals surface area contributed by atoms with E-state index < -0.39 is 0 Å². The van der Waals surface area contributed by atoms with Crippen molar-refractivity contribution in [3.8, 4) is 0 Å². The predicted octanol–water partition coefficient (Wildman–Crippen LogP) is 2.98. The number of aromatic amines is 2. The molecular formula is C18H15N9. The second-order valence-electron chi connectivity index (χ2n) is 5.92. The molecule has 0 amide bonds. The highest BCUT2D eigenvalue weighted by atomic mass is 15.2. The number of nitrogens with one attached hydrogen (secondary N) is 4. The van der Waals surface area contributed by atoms with Gasteiger partial charge in [-0.25, -0.2) is 9.97 Å². The summed E-state index contributed by atoms with van der Waals surface area (Å²) in [5.41, 5.74) is 4.05. The Morgan fingerprint density at radius 3 is 2.85 bits per heavy atom. The normalized spacial score (nSPS) is 11.1. The lowest BCUT2D eigenvalue weighted by Crippen LogP contribution is -2.06. The smallest absolute Gasteiger partial charge is 0.231 e. The summed E-state index contributed by atoms with van der Waals surface area (Å²) in [5, 5.41) is 6.45. The van der Waals surface area contributed by atoms with Crippen LogP contribution in [0.15, 0.2) is 55.1 Å². The van der Waals surface area contributed by atoms with Crippen LogP contribution in [0.4, 0.5) is 17.5 Å². The van der Waals surface area contributed by atoms with E-state index >= 15 is 0 Å². The van der Waals surface area contributed by atoms with Gasteiger partial charge in [-0.2, -0.15) is 9.97 Å². The first kappa shape index (κ1) is 15.3. The number of anilines is 3. The Morgan fingerprint density at radius 2 is 1.96 bits per heavy atom. The fraction of sp³-hybridized carbons (Fsp3) is 0.0556. The van der Waals surface area contributed by atoms with E-state index in [9.17, 15) is 0 Å². The highest BCUT2D eigenvalue weighted by Gasteiger charge is 2.11. The molecule has 4 N–H and O–H groups in total. The number of benzene rings is 1. The topological polar surface area (TPSA) is 120 Å². The average Bonchev–Trinajstić information content (AvgIpc) is 3.33. The van der Waals surface area contributed by atoms with Crippen LogP contribution in [0.25, 0.3) is 22.2 Å². The molecule has 0 fully saturated rings. The van der Waals surface area contributed by atoms with E-state index in [2.05, 4.69) is 45.5 Å². The van der Waals surface area contributed by atoms with Crippen molar-refractivity contribution in [1.29, 1.82) is 0 Å². The summed E-state index contributed by atoms with van der Waals surface area (Å²) in [6, 6.07) is 11.7. The monoisotopic (exact) mass is 357 g/mol. The molecule has 27 heavy (non-hydrogen) atoms. The molecule has 0 saturated carbocycles. The predicted molar refractivity (Wildman–Crippen MR) is 103 cm³/mol. The lowest BCUT2D eigenvalue weighted by atomic mass is 10.3. The fourth-order valence-electron chi connectivity index (χ4n) is 2.84. The quantitative estimate of drug-likeness (QED) is 0.382. The lowest BCUT2D eigenvalue weighted by Gasteiger charge is -2.08. The van der Waals surface area contributed by atoms with Crippen molar-refractivity contribution in [2.45, 2.75) is 6.54 Å². The van der Waals surface area contributed by atoms with Gasteiger partial charge in [-0.15, -0.1) is 0 Å². The van der Waals surface area contributed by atoms with Gasteiger partial charge in [0.15, 0.2) is 11.5 Å². The zero-order valence-corrected chi connectivity index (χ0v) is 14.1. The third kappa shape index (κ3) is 3.01. The number of rotatable bonds is 5. The summed E-state index contributed by atoms with van der Waals surface area (Å²) in [6.07, 6.45) is 5.02. The minimum atomic E-state index is 0.440. The highest BCUT2D eigenvalue weighted by molar-refractivity contribution is 5.84. The van der Waals surface area contributed by atoms with Crippen molar-refractivity contribution in [3.63, 3.8) is 0 Å². The number of hydrogen-bond donors (Lipinski definition) is 4. The number of fused-ring (bicyclic) bond motifs is 2. The molecule has 0 saturated heterocycles. The molecule has 1 aromatic carbocycles. The first-order chi connectivity index (χ1) is 13.3. The van der Waals surface area contributed by atoms with Gasteiger partial charge in [-0.1, -0.05) is 12.1 Å². The van der Waals surface area contributed by atoms with Crippen LogP contribution in [0.2, 0.25) is 0 Å². The fourth-order valence-corrected chi connectivity index (χ4v) is 2.84. The Hall–Kier alpha value is -4.01. The van der Waals surface area contributed by atoms with E-state index in [0.717, 1.165) is 28.1 Å². The van der Waals surface area contributed by atoms with Crippen LogP contribution in [0.3, 0.4) is 0 Å². The van der Waals surface area contributed by atoms with Crippen LogP contribution >= 0.6 is 0 Å². The Labute approximate surface area is 153 Å². The van der Waals surface area contributed by atoms with Crippen molar-refractivity contribution >= 4 is 39.7 Å². The second kappa shape index (κ2) is 6.37. The number of para-hydroxylation sites is 2. The molecule has 4 heterocycles. The minimum absolute atomic E-state index is 0.440. The molecule has 5 aromatic rings. The van der Waals surface area contributed by atoms with Crippen molar-refractivity contribution in [1.82, 2.24) is 34.9 Å². The summed E-state index contributed by atoms with van der Waals surface area (Å²) in [6.45, 7) is 0.492. The zero-order chi connectivity index (χ0) is 18.1. The highest BCUT2D eigenvalue weighted by Crippen LogP contribution is 2.21. The van der Waals surface area contributed by atoms with Crippen LogP contribution < -0.4 is 10.6 Å². The van der Waals surface area contributed by atoms with Crippen molar-refractivity contribution < 1.29 is 0 Å². The van der Waals surface area contributed by atoms with Crippen molar-refractivity contribution in [2.75, 3.05) is 10.6 Å². The van der Waals surface area contributed by atoms with Crippen LogP contribution in [0, 0.1) is 0 Å². The van der Waals surface area contributed by atoms with Gasteiger partial charge in [0, 0.05) is 6.20 Å². The number of aromatic nitrogens is 7. The first-order valence-electron chi connectivity index (χ1n) is 8.41. The molecule has 5 rings (SSSR count). The molecule has 0 bridgehead atoms. The molecule has 0 aliphatic carbocycles. The van der Waals surface area contributed by atoms with E-state index in [1.54, 1.807) is 18.7 Å². The van der Waals surface area contributed by atoms with Gasteiger partial charge in [0.05, 0.1) is 35.8 Å².